The lowest BCUT2D eigenvalue weighted by Crippen LogP contribution is -1.85. The minimum Gasteiger partial charge on any atom is -0.403 e. The summed E-state index contributed by atoms with van der Waals surface area (Å²) in [5.41, 5.74) is 8.17. The first-order valence-corrected chi connectivity index (χ1v) is 16.2. The zero-order valence-electron chi connectivity index (χ0n) is 22.6. The molecule has 0 radical (unpaired) electrons. The first kappa shape index (κ1) is 23.7. The van der Waals surface area contributed by atoms with Crippen LogP contribution in [0.5, 0.6) is 0 Å². The van der Waals surface area contributed by atoms with E-state index < -0.39 is 15.7 Å². The standard InChI is InChI=1S/C35H27NO2P2/c1-22-20-39(21-23(22)2)35-24(3)27-12-8-9-15-30(27)36(35)40-37-31-18-16-25-10-4-6-13-28(25)33(31)34-29-14-7-5-11-26(29)17-19-32(34)38-40/h4-21H,1-3H3. The largest absolute Gasteiger partial charge is 0.403 e. The van der Waals surface area contributed by atoms with E-state index in [1.54, 1.807) is 0 Å². The summed E-state index contributed by atoms with van der Waals surface area (Å²) in [6, 6.07) is 34.4. The molecule has 0 aliphatic carbocycles. The van der Waals surface area contributed by atoms with Gasteiger partial charge < -0.3 is 8.39 Å². The quantitative estimate of drug-likeness (QED) is 0.212. The van der Waals surface area contributed by atoms with Crippen molar-refractivity contribution in [1.29, 1.82) is 0 Å². The number of nitrogens with zero attached hydrogens (tertiary/aromatic N) is 1. The lowest BCUT2D eigenvalue weighted by atomic mass is 9.99. The van der Waals surface area contributed by atoms with Crippen LogP contribution in [0.4, 0.5) is 0 Å². The average Bonchev–Trinajstić information content (AvgIpc) is 3.40. The summed E-state index contributed by atoms with van der Waals surface area (Å²) >= 11 is 0. The van der Waals surface area contributed by atoms with Crippen LogP contribution in [-0.4, -0.2) is 4.34 Å². The third-order valence-electron chi connectivity index (χ3n) is 8.15. The van der Waals surface area contributed by atoms with Crippen LogP contribution >= 0.6 is 15.7 Å². The van der Waals surface area contributed by atoms with E-state index in [0.29, 0.717) is 0 Å². The Labute approximate surface area is 233 Å². The molecular formula is C35H27NO2P2. The second-order valence-corrected chi connectivity index (χ2v) is 13.5. The van der Waals surface area contributed by atoms with Gasteiger partial charge in [0.15, 0.2) is 0 Å². The Kier molecular flexibility index (Phi) is 5.29. The summed E-state index contributed by atoms with van der Waals surface area (Å²) < 4.78 is 16.4. The van der Waals surface area contributed by atoms with Gasteiger partial charge in [-0.05, 0) is 88.8 Å². The highest BCUT2D eigenvalue weighted by Gasteiger charge is 2.22. The molecule has 3 aromatic heterocycles. The van der Waals surface area contributed by atoms with Crippen molar-refractivity contribution in [2.24, 2.45) is 0 Å². The van der Waals surface area contributed by atoms with Crippen molar-refractivity contribution in [3.63, 3.8) is 0 Å². The highest BCUT2D eigenvalue weighted by molar-refractivity contribution is 7.57. The number of hydrogen-bond donors (Lipinski definition) is 0. The fourth-order valence-electron chi connectivity index (χ4n) is 6.06. The molecule has 0 atom stereocenters. The van der Waals surface area contributed by atoms with Crippen molar-refractivity contribution >= 4 is 70.1 Å². The molecule has 3 heterocycles. The van der Waals surface area contributed by atoms with E-state index in [0.717, 1.165) is 27.5 Å². The van der Waals surface area contributed by atoms with E-state index in [9.17, 15) is 0 Å². The molecule has 0 saturated carbocycles. The fourth-order valence-corrected chi connectivity index (χ4v) is 10.5. The highest BCUT2D eigenvalue weighted by Crippen LogP contribution is 2.53. The first-order valence-electron chi connectivity index (χ1n) is 13.5. The van der Waals surface area contributed by atoms with Crippen LogP contribution in [0.25, 0.3) is 59.8 Å². The van der Waals surface area contributed by atoms with Crippen molar-refractivity contribution in [2.45, 2.75) is 20.8 Å². The molecule has 5 aromatic carbocycles. The maximum atomic E-state index is 7.03. The zero-order chi connectivity index (χ0) is 27.0. The molecule has 0 unspecified atom stereocenters. The topological polar surface area (TPSA) is 31.2 Å². The van der Waals surface area contributed by atoms with E-state index in [-0.39, 0.29) is 0 Å². The Bertz CT molecular complexity index is 2200. The van der Waals surface area contributed by atoms with Crippen molar-refractivity contribution in [3.05, 3.63) is 125 Å². The van der Waals surface area contributed by atoms with Gasteiger partial charge in [-0.15, -0.1) is 0 Å². The van der Waals surface area contributed by atoms with Crippen LogP contribution < -0.4 is 0 Å². The molecule has 8 aromatic rings. The molecule has 0 spiro atoms. The molecule has 0 aliphatic heterocycles. The van der Waals surface area contributed by atoms with Gasteiger partial charge in [0.05, 0.1) is 11.0 Å². The van der Waals surface area contributed by atoms with E-state index in [2.05, 4.69) is 134 Å². The molecule has 194 valence electrons. The number of para-hydroxylation sites is 1. The first-order chi connectivity index (χ1) is 19.6. The van der Waals surface area contributed by atoms with Gasteiger partial charge in [-0.1, -0.05) is 86.4 Å². The SMILES string of the molecule is Cc1cp(-c2c(C)c3ccccc3n2-p2oc3ccc4ccccc4c3c3c(ccc4ccccc43)o2)cc1C. The Morgan fingerprint density at radius 2 is 1.05 bits per heavy atom. The minimum absolute atomic E-state index is 0.637. The summed E-state index contributed by atoms with van der Waals surface area (Å²) in [6.07, 6.45) is 0. The summed E-state index contributed by atoms with van der Waals surface area (Å²) in [4.78, 5) is 0. The highest BCUT2D eigenvalue weighted by atomic mass is 31.1. The predicted octanol–water partition coefficient (Wildman–Crippen LogP) is 11.8. The number of benzene rings is 5. The van der Waals surface area contributed by atoms with Crippen LogP contribution in [0.15, 0.2) is 117 Å². The van der Waals surface area contributed by atoms with Gasteiger partial charge in [0, 0.05) is 16.2 Å². The van der Waals surface area contributed by atoms with Crippen LogP contribution in [0.2, 0.25) is 0 Å². The Hall–Kier alpha value is -4.16. The molecular weight excluding hydrogens is 528 g/mol. The van der Waals surface area contributed by atoms with Crippen molar-refractivity contribution in [2.75, 3.05) is 0 Å². The summed E-state index contributed by atoms with van der Waals surface area (Å²) in [5, 5.41) is 8.17. The summed E-state index contributed by atoms with van der Waals surface area (Å²) in [5.74, 6) is 4.86. The van der Waals surface area contributed by atoms with Crippen LogP contribution in [0.1, 0.15) is 16.7 Å². The number of aryl methyl sites for hydroxylation is 3. The second-order valence-electron chi connectivity index (χ2n) is 10.5. The van der Waals surface area contributed by atoms with Gasteiger partial charge >= 0.3 is 8.16 Å². The lowest BCUT2D eigenvalue weighted by molar-refractivity contribution is 0.632. The van der Waals surface area contributed by atoms with Crippen molar-refractivity contribution in [3.8, 4) is 5.44 Å². The molecule has 5 heteroatoms. The fraction of sp³-hybridized carbons (Fsp3) is 0.0857. The molecule has 0 aliphatic rings. The van der Waals surface area contributed by atoms with Crippen molar-refractivity contribution < 1.29 is 8.39 Å². The summed E-state index contributed by atoms with van der Waals surface area (Å²) in [6.45, 7) is 6.67. The normalized spacial score (nSPS) is 11.9. The van der Waals surface area contributed by atoms with E-state index >= 15 is 0 Å². The molecule has 0 amide bonds. The average molecular weight is 556 g/mol. The van der Waals surface area contributed by atoms with Gasteiger partial charge in [0.2, 0.25) is 0 Å². The molecule has 0 saturated heterocycles. The third kappa shape index (κ3) is 3.45. The zero-order valence-corrected chi connectivity index (χ0v) is 24.3. The molecule has 8 rings (SSSR count). The van der Waals surface area contributed by atoms with Crippen LogP contribution in [0, 0.1) is 20.8 Å². The lowest BCUT2D eigenvalue weighted by Gasteiger charge is -2.08. The number of fused-ring (bicyclic) bond motifs is 8. The molecule has 3 nitrogen and oxygen atoms in total. The predicted molar refractivity (Wildman–Crippen MR) is 172 cm³/mol. The van der Waals surface area contributed by atoms with Gasteiger partial charge in [-0.2, -0.15) is 0 Å². The third-order valence-corrected chi connectivity index (χ3v) is 12.1. The molecule has 40 heavy (non-hydrogen) atoms. The maximum absolute atomic E-state index is 7.03. The number of aromatic nitrogens is 1. The smallest absolute Gasteiger partial charge is 0.346 e. The Morgan fingerprint density at radius 3 is 1.62 bits per heavy atom. The van der Waals surface area contributed by atoms with Gasteiger partial charge in [0.1, 0.15) is 11.2 Å². The Balaban J connectivity index is 1.61. The minimum atomic E-state index is -1.55. The van der Waals surface area contributed by atoms with Crippen LogP contribution in [-0.2, 0) is 0 Å². The molecule has 0 fully saturated rings. The van der Waals surface area contributed by atoms with Gasteiger partial charge in [-0.3, -0.25) is 0 Å². The van der Waals surface area contributed by atoms with Crippen LogP contribution in [0.3, 0.4) is 0 Å². The number of hydrogen-bond acceptors (Lipinski definition) is 2. The monoisotopic (exact) mass is 555 g/mol. The second kappa shape index (κ2) is 8.93. The molecule has 0 bridgehead atoms. The van der Waals surface area contributed by atoms with Crippen molar-refractivity contribution in [1.82, 2.24) is 4.34 Å². The summed E-state index contributed by atoms with van der Waals surface area (Å²) in [7, 11) is -2.18. The Morgan fingerprint density at radius 1 is 0.550 bits per heavy atom. The van der Waals surface area contributed by atoms with E-state index in [1.165, 1.54) is 49.1 Å². The van der Waals surface area contributed by atoms with E-state index in [4.69, 9.17) is 8.39 Å². The maximum Gasteiger partial charge on any atom is 0.346 e. The number of rotatable bonds is 2. The van der Waals surface area contributed by atoms with E-state index in [1.807, 2.05) is 0 Å². The molecule has 0 N–H and O–H groups in total. The van der Waals surface area contributed by atoms with Gasteiger partial charge in [0.25, 0.3) is 0 Å². The van der Waals surface area contributed by atoms with Gasteiger partial charge in [-0.25, -0.2) is 4.34 Å².